The molecule has 0 aliphatic carbocycles. The van der Waals surface area contributed by atoms with Gasteiger partial charge in [0.15, 0.2) is 0 Å². The lowest BCUT2D eigenvalue weighted by molar-refractivity contribution is 0.384. The van der Waals surface area contributed by atoms with Crippen molar-refractivity contribution in [1.29, 1.82) is 0 Å². The highest BCUT2D eigenvalue weighted by Gasteiger charge is 2.28. The van der Waals surface area contributed by atoms with Crippen molar-refractivity contribution < 1.29 is 8.42 Å². The van der Waals surface area contributed by atoms with Crippen LogP contribution in [0.4, 0.5) is 5.82 Å². The molecule has 1 aromatic heterocycles. The van der Waals surface area contributed by atoms with Gasteiger partial charge < -0.3 is 4.90 Å². The van der Waals surface area contributed by atoms with Crippen molar-refractivity contribution in [2.24, 2.45) is 0 Å². The summed E-state index contributed by atoms with van der Waals surface area (Å²) >= 11 is 3.32. The Bertz CT molecular complexity index is 727. The number of hydrogen-bond donors (Lipinski definition) is 0. The Morgan fingerprint density at radius 1 is 0.955 bits per heavy atom. The van der Waals surface area contributed by atoms with Crippen LogP contribution in [0.25, 0.3) is 0 Å². The smallest absolute Gasteiger partial charge is 0.243 e. The SMILES string of the molecule is O=S(=O)(c1ccc(Br)cc1)N1CCN(c2ccccn2)CC1. The lowest BCUT2D eigenvalue weighted by Gasteiger charge is -2.34. The normalized spacial score (nSPS) is 16.7. The minimum atomic E-state index is -3.42. The maximum atomic E-state index is 12.6. The third-order valence-corrected chi connectivity index (χ3v) is 6.10. The monoisotopic (exact) mass is 381 g/mol. The fourth-order valence-corrected chi connectivity index (χ4v) is 4.14. The van der Waals surface area contributed by atoms with Gasteiger partial charge in [0.2, 0.25) is 10.0 Å². The highest BCUT2D eigenvalue weighted by molar-refractivity contribution is 9.10. The fourth-order valence-electron chi connectivity index (χ4n) is 2.45. The summed E-state index contributed by atoms with van der Waals surface area (Å²) < 4.78 is 27.6. The Morgan fingerprint density at radius 3 is 2.23 bits per heavy atom. The van der Waals surface area contributed by atoms with E-state index in [1.807, 2.05) is 18.2 Å². The van der Waals surface area contributed by atoms with E-state index in [-0.39, 0.29) is 0 Å². The first-order valence-corrected chi connectivity index (χ1v) is 9.22. The van der Waals surface area contributed by atoms with Gasteiger partial charge in [-0.1, -0.05) is 22.0 Å². The summed E-state index contributed by atoms with van der Waals surface area (Å²) in [6.07, 6.45) is 1.75. The molecule has 0 amide bonds. The molecule has 0 saturated carbocycles. The molecule has 0 radical (unpaired) electrons. The Morgan fingerprint density at radius 2 is 1.64 bits per heavy atom. The van der Waals surface area contributed by atoms with E-state index in [4.69, 9.17) is 0 Å². The van der Waals surface area contributed by atoms with Crippen molar-refractivity contribution in [2.75, 3.05) is 31.1 Å². The fraction of sp³-hybridized carbons (Fsp3) is 0.267. The van der Waals surface area contributed by atoms with Crippen molar-refractivity contribution in [3.8, 4) is 0 Å². The topological polar surface area (TPSA) is 53.5 Å². The summed E-state index contributed by atoms with van der Waals surface area (Å²) in [6.45, 7) is 2.23. The molecule has 116 valence electrons. The Kier molecular flexibility index (Phi) is 4.46. The van der Waals surface area contributed by atoms with Crippen LogP contribution in [0.1, 0.15) is 0 Å². The minimum absolute atomic E-state index is 0.335. The van der Waals surface area contributed by atoms with Crippen LogP contribution in [-0.4, -0.2) is 43.9 Å². The Hall–Kier alpha value is -1.44. The molecule has 7 heteroatoms. The lowest BCUT2D eigenvalue weighted by Crippen LogP contribution is -2.48. The molecule has 2 aromatic rings. The minimum Gasteiger partial charge on any atom is -0.354 e. The molecular weight excluding hydrogens is 366 g/mol. The van der Waals surface area contributed by atoms with Gasteiger partial charge in [0, 0.05) is 36.8 Å². The number of rotatable bonds is 3. The molecule has 5 nitrogen and oxygen atoms in total. The average molecular weight is 382 g/mol. The molecule has 1 aliphatic heterocycles. The molecule has 0 N–H and O–H groups in total. The first-order chi connectivity index (χ1) is 10.6. The number of benzene rings is 1. The van der Waals surface area contributed by atoms with Crippen LogP contribution in [0.5, 0.6) is 0 Å². The van der Waals surface area contributed by atoms with Gasteiger partial charge in [-0.25, -0.2) is 13.4 Å². The van der Waals surface area contributed by atoms with E-state index in [0.29, 0.717) is 31.1 Å². The first-order valence-electron chi connectivity index (χ1n) is 6.99. The van der Waals surface area contributed by atoms with E-state index in [1.54, 1.807) is 30.5 Å². The summed E-state index contributed by atoms with van der Waals surface area (Å²) in [5, 5.41) is 0. The van der Waals surface area contributed by atoms with Gasteiger partial charge in [-0.05, 0) is 36.4 Å². The number of anilines is 1. The highest BCUT2D eigenvalue weighted by Crippen LogP contribution is 2.21. The molecule has 3 rings (SSSR count). The second-order valence-corrected chi connectivity index (χ2v) is 7.89. The highest BCUT2D eigenvalue weighted by atomic mass is 79.9. The summed E-state index contributed by atoms with van der Waals surface area (Å²) in [5.74, 6) is 0.892. The van der Waals surface area contributed by atoms with E-state index in [0.717, 1.165) is 10.3 Å². The van der Waals surface area contributed by atoms with Crippen LogP contribution in [-0.2, 0) is 10.0 Å². The van der Waals surface area contributed by atoms with Crippen LogP contribution in [0.3, 0.4) is 0 Å². The van der Waals surface area contributed by atoms with Crippen molar-refractivity contribution >= 4 is 31.8 Å². The van der Waals surface area contributed by atoms with E-state index in [2.05, 4.69) is 25.8 Å². The third kappa shape index (κ3) is 3.16. The quantitative estimate of drug-likeness (QED) is 0.818. The van der Waals surface area contributed by atoms with Gasteiger partial charge in [0.05, 0.1) is 4.90 Å². The van der Waals surface area contributed by atoms with Crippen LogP contribution >= 0.6 is 15.9 Å². The summed E-state index contributed by atoms with van der Waals surface area (Å²) in [6, 6.07) is 12.5. The maximum Gasteiger partial charge on any atom is 0.243 e. The number of pyridine rings is 1. The van der Waals surface area contributed by atoms with E-state index >= 15 is 0 Å². The van der Waals surface area contributed by atoms with E-state index in [1.165, 1.54) is 4.31 Å². The lowest BCUT2D eigenvalue weighted by atomic mass is 10.3. The molecule has 1 aromatic carbocycles. The first kappa shape index (κ1) is 15.5. The van der Waals surface area contributed by atoms with Gasteiger partial charge in [-0.15, -0.1) is 0 Å². The Balaban J connectivity index is 1.72. The van der Waals surface area contributed by atoms with Gasteiger partial charge >= 0.3 is 0 Å². The molecule has 0 spiro atoms. The Labute approximate surface area is 138 Å². The summed E-state index contributed by atoms with van der Waals surface area (Å²) in [7, 11) is -3.42. The van der Waals surface area contributed by atoms with Gasteiger partial charge in [0.1, 0.15) is 5.82 Å². The largest absolute Gasteiger partial charge is 0.354 e. The van der Waals surface area contributed by atoms with Gasteiger partial charge in [0.25, 0.3) is 0 Å². The molecule has 22 heavy (non-hydrogen) atoms. The molecule has 1 saturated heterocycles. The molecule has 2 heterocycles. The van der Waals surface area contributed by atoms with Crippen LogP contribution in [0.2, 0.25) is 0 Å². The zero-order valence-corrected chi connectivity index (χ0v) is 14.3. The standard InChI is InChI=1S/C15H16BrN3O2S/c16-13-4-6-14(7-5-13)22(20,21)19-11-9-18(10-12-19)15-3-1-2-8-17-15/h1-8H,9-12H2. The zero-order valence-electron chi connectivity index (χ0n) is 11.9. The number of sulfonamides is 1. The van der Waals surface area contributed by atoms with Crippen molar-refractivity contribution in [1.82, 2.24) is 9.29 Å². The number of aromatic nitrogens is 1. The summed E-state index contributed by atoms with van der Waals surface area (Å²) in [4.78, 5) is 6.75. The second-order valence-electron chi connectivity index (χ2n) is 5.03. The van der Waals surface area contributed by atoms with Crippen molar-refractivity contribution in [3.05, 3.63) is 53.1 Å². The van der Waals surface area contributed by atoms with Gasteiger partial charge in [-0.3, -0.25) is 0 Å². The predicted octanol–water partition coefficient (Wildman–Crippen LogP) is 2.36. The number of halogens is 1. The van der Waals surface area contributed by atoms with E-state index in [9.17, 15) is 8.42 Å². The van der Waals surface area contributed by atoms with E-state index < -0.39 is 10.0 Å². The molecular formula is C15H16BrN3O2S. The molecule has 1 fully saturated rings. The van der Waals surface area contributed by atoms with Crippen LogP contribution in [0.15, 0.2) is 58.0 Å². The summed E-state index contributed by atoms with van der Waals surface area (Å²) in [5.41, 5.74) is 0. The van der Waals surface area contributed by atoms with Gasteiger partial charge in [-0.2, -0.15) is 4.31 Å². The number of hydrogen-bond acceptors (Lipinski definition) is 4. The zero-order chi connectivity index (χ0) is 15.6. The van der Waals surface area contributed by atoms with Crippen LogP contribution < -0.4 is 4.90 Å². The molecule has 0 atom stereocenters. The predicted molar refractivity (Wildman–Crippen MR) is 89.4 cm³/mol. The number of piperazine rings is 1. The third-order valence-electron chi connectivity index (χ3n) is 3.66. The second kappa shape index (κ2) is 6.36. The molecule has 1 aliphatic rings. The van der Waals surface area contributed by atoms with Crippen molar-refractivity contribution in [2.45, 2.75) is 4.90 Å². The average Bonchev–Trinajstić information content (AvgIpc) is 2.56. The maximum absolute atomic E-state index is 12.6. The number of nitrogens with zero attached hydrogens (tertiary/aromatic N) is 3. The molecule has 0 unspecified atom stereocenters. The van der Waals surface area contributed by atoms with Crippen molar-refractivity contribution in [3.63, 3.8) is 0 Å². The van der Waals surface area contributed by atoms with Crippen LogP contribution in [0, 0.1) is 0 Å². The molecule has 0 bridgehead atoms.